The predicted molar refractivity (Wildman–Crippen MR) is 81.2 cm³/mol. The van der Waals surface area contributed by atoms with E-state index in [0.717, 1.165) is 18.5 Å². The monoisotopic (exact) mass is 263 g/mol. The van der Waals surface area contributed by atoms with Crippen molar-refractivity contribution in [1.82, 2.24) is 5.32 Å². The van der Waals surface area contributed by atoms with Crippen LogP contribution >= 0.6 is 0 Å². The van der Waals surface area contributed by atoms with Crippen molar-refractivity contribution < 1.29 is 4.79 Å². The molecule has 2 unspecified atom stereocenters. The maximum Gasteiger partial charge on any atom is 0.242 e. The minimum absolute atomic E-state index is 0.0471. The Labute approximate surface area is 116 Å². The standard InChI is InChI=1S/C15H25N3O/c1-5-7-11(2)17-15(19)12(3)18(4)14-9-6-8-13(16)10-14/h6,8-12H,5,7,16H2,1-4H3,(H,17,19). The molecule has 0 saturated heterocycles. The van der Waals surface area contributed by atoms with Gasteiger partial charge in [0.15, 0.2) is 0 Å². The Balaban J connectivity index is 2.66. The van der Waals surface area contributed by atoms with Crippen molar-refractivity contribution in [2.24, 2.45) is 0 Å². The maximum atomic E-state index is 12.1. The molecule has 0 heterocycles. The number of hydrogen-bond acceptors (Lipinski definition) is 3. The van der Waals surface area contributed by atoms with Gasteiger partial charge < -0.3 is 16.0 Å². The summed E-state index contributed by atoms with van der Waals surface area (Å²) >= 11 is 0. The molecule has 0 aliphatic carbocycles. The lowest BCUT2D eigenvalue weighted by atomic mass is 10.1. The van der Waals surface area contributed by atoms with Gasteiger partial charge in [-0.2, -0.15) is 0 Å². The van der Waals surface area contributed by atoms with E-state index in [0.29, 0.717) is 5.69 Å². The van der Waals surface area contributed by atoms with Crippen LogP contribution < -0.4 is 16.0 Å². The third kappa shape index (κ3) is 4.47. The zero-order chi connectivity index (χ0) is 14.4. The molecule has 1 aromatic carbocycles. The van der Waals surface area contributed by atoms with Crippen LogP contribution in [0.15, 0.2) is 24.3 Å². The summed E-state index contributed by atoms with van der Waals surface area (Å²) in [6, 6.07) is 7.56. The second-order valence-electron chi connectivity index (χ2n) is 5.08. The van der Waals surface area contributed by atoms with Crippen molar-refractivity contribution in [3.63, 3.8) is 0 Å². The number of anilines is 2. The Morgan fingerprint density at radius 1 is 1.42 bits per heavy atom. The molecule has 3 N–H and O–H groups in total. The van der Waals surface area contributed by atoms with Crippen molar-refractivity contribution in [1.29, 1.82) is 0 Å². The third-order valence-corrected chi connectivity index (χ3v) is 3.35. The molecule has 0 aromatic heterocycles. The first-order valence-corrected chi connectivity index (χ1v) is 6.84. The molecule has 0 fully saturated rings. The fourth-order valence-corrected chi connectivity index (χ4v) is 2.01. The fourth-order valence-electron chi connectivity index (χ4n) is 2.01. The lowest BCUT2D eigenvalue weighted by Crippen LogP contribution is -2.46. The van der Waals surface area contributed by atoms with E-state index >= 15 is 0 Å². The average molecular weight is 263 g/mol. The molecule has 1 amide bonds. The van der Waals surface area contributed by atoms with Crippen molar-refractivity contribution >= 4 is 17.3 Å². The van der Waals surface area contributed by atoms with E-state index in [9.17, 15) is 4.79 Å². The first kappa shape index (κ1) is 15.3. The Bertz CT molecular complexity index is 420. The Kier molecular flexibility index (Phi) is 5.67. The van der Waals surface area contributed by atoms with E-state index in [1.807, 2.05) is 50.1 Å². The number of nitrogen functional groups attached to an aromatic ring is 1. The number of rotatable bonds is 6. The molecule has 1 aromatic rings. The van der Waals surface area contributed by atoms with Gasteiger partial charge in [0.2, 0.25) is 5.91 Å². The van der Waals surface area contributed by atoms with Crippen LogP contribution in [0.3, 0.4) is 0 Å². The molecule has 4 heteroatoms. The second-order valence-corrected chi connectivity index (χ2v) is 5.08. The van der Waals surface area contributed by atoms with Crippen LogP contribution in [-0.4, -0.2) is 25.0 Å². The first-order chi connectivity index (χ1) is 8.95. The van der Waals surface area contributed by atoms with Crippen molar-refractivity contribution in [3.8, 4) is 0 Å². The van der Waals surface area contributed by atoms with Gasteiger partial charge in [0, 0.05) is 24.5 Å². The van der Waals surface area contributed by atoms with Gasteiger partial charge in [0.1, 0.15) is 6.04 Å². The Hall–Kier alpha value is -1.71. The minimum atomic E-state index is -0.221. The normalized spacial score (nSPS) is 13.7. The first-order valence-electron chi connectivity index (χ1n) is 6.84. The summed E-state index contributed by atoms with van der Waals surface area (Å²) in [6.45, 7) is 6.05. The van der Waals surface area contributed by atoms with E-state index in [-0.39, 0.29) is 18.0 Å². The summed E-state index contributed by atoms with van der Waals surface area (Å²) in [6.07, 6.45) is 2.07. The number of nitrogens with zero attached hydrogens (tertiary/aromatic N) is 1. The zero-order valence-electron chi connectivity index (χ0n) is 12.3. The van der Waals surface area contributed by atoms with Crippen LogP contribution in [0.5, 0.6) is 0 Å². The summed E-state index contributed by atoms with van der Waals surface area (Å²) < 4.78 is 0. The smallest absolute Gasteiger partial charge is 0.242 e. The highest BCUT2D eigenvalue weighted by atomic mass is 16.2. The zero-order valence-corrected chi connectivity index (χ0v) is 12.3. The molecule has 0 spiro atoms. The van der Waals surface area contributed by atoms with Gasteiger partial charge in [-0.15, -0.1) is 0 Å². The average Bonchev–Trinajstić information content (AvgIpc) is 2.37. The third-order valence-electron chi connectivity index (χ3n) is 3.35. The van der Waals surface area contributed by atoms with Crippen molar-refractivity contribution in [3.05, 3.63) is 24.3 Å². The number of carbonyl (C=O) groups excluding carboxylic acids is 1. The molecule has 19 heavy (non-hydrogen) atoms. The van der Waals surface area contributed by atoms with E-state index in [1.165, 1.54) is 0 Å². The highest BCUT2D eigenvalue weighted by molar-refractivity contribution is 5.85. The maximum absolute atomic E-state index is 12.1. The van der Waals surface area contributed by atoms with Crippen LogP contribution in [0, 0.1) is 0 Å². The Morgan fingerprint density at radius 2 is 2.11 bits per heavy atom. The molecular formula is C15H25N3O. The van der Waals surface area contributed by atoms with Crippen LogP contribution in [0.4, 0.5) is 11.4 Å². The number of benzene rings is 1. The number of nitrogens with one attached hydrogen (secondary N) is 1. The van der Waals surface area contributed by atoms with E-state index in [2.05, 4.69) is 12.2 Å². The number of carbonyl (C=O) groups is 1. The molecule has 1 rings (SSSR count). The van der Waals surface area contributed by atoms with E-state index in [1.54, 1.807) is 0 Å². The van der Waals surface area contributed by atoms with Crippen LogP contribution in [0.25, 0.3) is 0 Å². The number of amides is 1. The summed E-state index contributed by atoms with van der Waals surface area (Å²) in [5.74, 6) is 0.0471. The van der Waals surface area contributed by atoms with Gasteiger partial charge >= 0.3 is 0 Å². The van der Waals surface area contributed by atoms with Gasteiger partial charge in [-0.05, 0) is 38.5 Å². The lowest BCUT2D eigenvalue weighted by molar-refractivity contribution is -0.122. The highest BCUT2D eigenvalue weighted by Gasteiger charge is 2.19. The molecule has 4 nitrogen and oxygen atoms in total. The van der Waals surface area contributed by atoms with Crippen LogP contribution in [0.2, 0.25) is 0 Å². The molecule has 106 valence electrons. The van der Waals surface area contributed by atoms with Gasteiger partial charge in [-0.25, -0.2) is 0 Å². The molecular weight excluding hydrogens is 238 g/mol. The minimum Gasteiger partial charge on any atom is -0.399 e. The second kappa shape index (κ2) is 7.02. The van der Waals surface area contributed by atoms with Crippen LogP contribution in [0.1, 0.15) is 33.6 Å². The molecule has 0 aliphatic rings. The summed E-state index contributed by atoms with van der Waals surface area (Å²) in [4.78, 5) is 14.1. The molecule has 0 saturated carbocycles. The predicted octanol–water partition coefficient (Wildman–Crippen LogP) is 2.40. The van der Waals surface area contributed by atoms with Crippen LogP contribution in [-0.2, 0) is 4.79 Å². The number of hydrogen-bond donors (Lipinski definition) is 2. The van der Waals surface area contributed by atoms with Crippen molar-refractivity contribution in [2.45, 2.75) is 45.7 Å². The number of nitrogens with two attached hydrogens (primary N) is 1. The summed E-state index contributed by atoms with van der Waals surface area (Å²) in [5, 5.41) is 3.03. The summed E-state index contributed by atoms with van der Waals surface area (Å²) in [7, 11) is 1.91. The highest BCUT2D eigenvalue weighted by Crippen LogP contribution is 2.18. The lowest BCUT2D eigenvalue weighted by Gasteiger charge is -2.27. The number of likely N-dealkylation sites (N-methyl/N-ethyl adjacent to an activating group) is 1. The van der Waals surface area contributed by atoms with Gasteiger partial charge in [0.25, 0.3) is 0 Å². The quantitative estimate of drug-likeness (QED) is 0.775. The van der Waals surface area contributed by atoms with E-state index in [4.69, 9.17) is 5.73 Å². The molecule has 0 bridgehead atoms. The Morgan fingerprint density at radius 3 is 2.68 bits per heavy atom. The fraction of sp³-hybridized carbons (Fsp3) is 0.533. The molecule has 2 atom stereocenters. The van der Waals surface area contributed by atoms with Gasteiger partial charge in [-0.1, -0.05) is 19.4 Å². The topological polar surface area (TPSA) is 58.4 Å². The van der Waals surface area contributed by atoms with Gasteiger partial charge in [0.05, 0.1) is 0 Å². The molecule has 0 aliphatic heterocycles. The summed E-state index contributed by atoms with van der Waals surface area (Å²) in [5.41, 5.74) is 7.42. The van der Waals surface area contributed by atoms with Gasteiger partial charge in [-0.3, -0.25) is 4.79 Å². The van der Waals surface area contributed by atoms with E-state index < -0.39 is 0 Å². The van der Waals surface area contributed by atoms with Crippen molar-refractivity contribution in [2.75, 3.05) is 17.7 Å². The SMILES string of the molecule is CCCC(C)NC(=O)C(C)N(C)c1cccc(N)c1. The molecule has 0 radical (unpaired) electrons. The largest absolute Gasteiger partial charge is 0.399 e.